The fourth-order valence-corrected chi connectivity index (χ4v) is 10.6. The number of fused-ring (bicyclic) bond motifs is 2. The molecule has 0 radical (unpaired) electrons. The van der Waals surface area contributed by atoms with E-state index in [9.17, 15) is 10.3 Å². The van der Waals surface area contributed by atoms with Crippen LogP contribution in [0.3, 0.4) is 0 Å². The summed E-state index contributed by atoms with van der Waals surface area (Å²) in [5.74, 6) is -0.214. The van der Waals surface area contributed by atoms with Gasteiger partial charge >= 0.3 is 5.97 Å². The number of carbonyl (C=O) groups excluding carboxylic acids is 2. The van der Waals surface area contributed by atoms with Gasteiger partial charge in [-0.15, -0.1) is 0 Å². The lowest BCUT2D eigenvalue weighted by Crippen LogP contribution is -2.67. The third-order valence-corrected chi connectivity index (χ3v) is 12.1. The molecule has 5 rings (SSSR count). The lowest BCUT2D eigenvalue weighted by Gasteiger charge is -2.56. The van der Waals surface area contributed by atoms with E-state index in [1.165, 1.54) is 88.2 Å². The molecule has 0 aromatic rings. The maximum Gasteiger partial charge on any atom is 0.306 e. The number of ketones is 1. The number of hydrogen-bond donors (Lipinski definition) is 0. The van der Waals surface area contributed by atoms with E-state index < -0.39 is 16.7 Å². The van der Waals surface area contributed by atoms with Crippen molar-refractivity contribution in [3.05, 3.63) is 5.53 Å². The number of carbonyl (C=O) groups is 2. The van der Waals surface area contributed by atoms with Gasteiger partial charge in [0.15, 0.2) is 6.04 Å². The summed E-state index contributed by atoms with van der Waals surface area (Å²) in [4.78, 5) is 28.3. The summed E-state index contributed by atoms with van der Waals surface area (Å²) in [7, 11) is 0. The van der Waals surface area contributed by atoms with Crippen LogP contribution in [0.25, 0.3) is 5.53 Å². The predicted octanol–water partition coefficient (Wildman–Crippen LogP) is 10.6. The molecule has 0 aromatic carbocycles. The number of ether oxygens (including phenoxy) is 2. The normalized spacial score (nSPS) is 30.9. The third-order valence-electron chi connectivity index (χ3n) is 12.1. The Hall–Kier alpha value is -1.30. The SMILES string of the molecule is CCCCCCCCCCCCOC(=O)CCC12C(=O)C3(CC(C)(C)C([N+]1=[N-])C(C)(C)C3)OC21CCCCCCCCCCC1. The summed E-state index contributed by atoms with van der Waals surface area (Å²) in [5, 5.41) is 0. The molecule has 0 N–H and O–H groups in total. The standard InChI is InChI=1S/C39H68N2O4/c1-6-7-8-9-10-11-15-18-21-24-29-44-32(42)25-28-39-34(43)37(30-35(2,3)33(41(39)40)36(4,5)31-37)45-38(39)26-22-19-16-13-12-14-17-20-23-27-38/h33H,6-31H2,1-5H3. The molecule has 2 saturated carbocycles. The zero-order chi connectivity index (χ0) is 32.6. The minimum Gasteiger partial charge on any atom is -0.506 e. The predicted molar refractivity (Wildman–Crippen MR) is 181 cm³/mol. The lowest BCUT2D eigenvalue weighted by molar-refractivity contribution is -0.689. The Kier molecular flexibility index (Phi) is 12.8. The van der Waals surface area contributed by atoms with Crippen molar-refractivity contribution in [1.29, 1.82) is 0 Å². The van der Waals surface area contributed by atoms with Gasteiger partial charge in [-0.1, -0.05) is 150 Å². The summed E-state index contributed by atoms with van der Waals surface area (Å²) in [6.07, 6.45) is 26.0. The number of unbranched alkanes of at least 4 members (excludes halogenated alkanes) is 9. The zero-order valence-electron chi connectivity index (χ0n) is 30.0. The average molecular weight is 629 g/mol. The van der Waals surface area contributed by atoms with Crippen LogP contribution in [0.4, 0.5) is 0 Å². The van der Waals surface area contributed by atoms with Gasteiger partial charge < -0.3 is 19.7 Å². The van der Waals surface area contributed by atoms with Crippen LogP contribution in [-0.4, -0.2) is 45.8 Å². The Bertz CT molecular complexity index is 973. The first-order chi connectivity index (χ1) is 21.5. The van der Waals surface area contributed by atoms with E-state index in [2.05, 4.69) is 34.6 Å². The highest BCUT2D eigenvalue weighted by molar-refractivity contribution is 5.99. The van der Waals surface area contributed by atoms with Gasteiger partial charge in [0.05, 0.1) is 13.0 Å². The van der Waals surface area contributed by atoms with Crippen molar-refractivity contribution < 1.29 is 23.8 Å². The number of Topliss-reactive ketones (excluding diaryl/α,β-unsaturated/α-hetero) is 1. The zero-order valence-corrected chi connectivity index (χ0v) is 30.0. The van der Waals surface area contributed by atoms with Gasteiger partial charge in [-0.3, -0.25) is 9.59 Å². The van der Waals surface area contributed by atoms with E-state index in [1.54, 1.807) is 0 Å². The maximum atomic E-state index is 15.0. The molecule has 1 unspecified atom stereocenters. The summed E-state index contributed by atoms with van der Waals surface area (Å²) in [6, 6.07) is -0.200. The highest BCUT2D eigenvalue weighted by Gasteiger charge is 2.82. The highest BCUT2D eigenvalue weighted by Crippen LogP contribution is 2.67. The molecule has 45 heavy (non-hydrogen) atoms. The molecule has 6 nitrogen and oxygen atoms in total. The smallest absolute Gasteiger partial charge is 0.306 e. The summed E-state index contributed by atoms with van der Waals surface area (Å²) in [5.41, 5.74) is 8.99. The van der Waals surface area contributed by atoms with E-state index in [-0.39, 0.29) is 41.5 Å². The summed E-state index contributed by atoms with van der Waals surface area (Å²) < 4.78 is 14.6. The lowest BCUT2D eigenvalue weighted by atomic mass is 9.56. The minimum atomic E-state index is -1.22. The number of rotatable bonds is 14. The number of esters is 1. The van der Waals surface area contributed by atoms with Crippen LogP contribution >= 0.6 is 0 Å². The monoisotopic (exact) mass is 629 g/mol. The third kappa shape index (κ3) is 7.89. The number of hydrogen-bond acceptors (Lipinski definition) is 4. The molecule has 5 fully saturated rings. The largest absolute Gasteiger partial charge is 0.506 e. The van der Waals surface area contributed by atoms with Crippen molar-refractivity contribution in [2.45, 2.75) is 218 Å². The fraction of sp³-hybridized carbons (Fsp3) is 0.949. The first kappa shape index (κ1) is 36.5. The molecule has 1 atom stereocenters. The minimum absolute atomic E-state index is 0.0354. The molecule has 3 bridgehead atoms. The fourth-order valence-electron chi connectivity index (χ4n) is 10.6. The van der Waals surface area contributed by atoms with E-state index >= 15 is 4.79 Å². The van der Waals surface area contributed by atoms with Gasteiger partial charge in [0.1, 0.15) is 11.2 Å². The molecule has 0 amide bonds. The van der Waals surface area contributed by atoms with Crippen molar-refractivity contribution in [2.24, 2.45) is 10.8 Å². The van der Waals surface area contributed by atoms with E-state index in [4.69, 9.17) is 9.47 Å². The second kappa shape index (κ2) is 15.7. The molecule has 258 valence electrons. The Morgan fingerprint density at radius 3 is 1.76 bits per heavy atom. The Morgan fingerprint density at radius 2 is 1.24 bits per heavy atom. The topological polar surface area (TPSA) is 77.9 Å². The van der Waals surface area contributed by atoms with Crippen molar-refractivity contribution in [1.82, 2.24) is 0 Å². The van der Waals surface area contributed by atoms with Crippen molar-refractivity contribution in [3.8, 4) is 0 Å². The Labute approximate surface area is 276 Å². The van der Waals surface area contributed by atoms with Crippen molar-refractivity contribution >= 4 is 11.8 Å². The molecule has 5 aliphatic rings. The maximum absolute atomic E-state index is 15.0. The van der Waals surface area contributed by atoms with Crippen LogP contribution in [-0.2, 0) is 19.1 Å². The molecular formula is C39H68N2O4. The van der Waals surface area contributed by atoms with Crippen LogP contribution in [0.15, 0.2) is 0 Å². The quantitative estimate of drug-likeness (QED) is 0.109. The van der Waals surface area contributed by atoms with Gasteiger partial charge in [0, 0.05) is 17.3 Å². The second-order valence-corrected chi connectivity index (χ2v) is 16.9. The molecule has 2 spiro atoms. The Morgan fingerprint density at radius 1 is 0.778 bits per heavy atom. The molecule has 3 saturated heterocycles. The van der Waals surface area contributed by atoms with Gasteiger partial charge in [0.2, 0.25) is 11.3 Å². The molecule has 3 heterocycles. The second-order valence-electron chi connectivity index (χ2n) is 16.9. The summed E-state index contributed by atoms with van der Waals surface area (Å²) >= 11 is 0. The van der Waals surface area contributed by atoms with Gasteiger partial charge in [-0.05, 0) is 32.1 Å². The van der Waals surface area contributed by atoms with Crippen molar-refractivity contribution in [2.75, 3.05) is 6.61 Å². The molecule has 6 heteroatoms. The van der Waals surface area contributed by atoms with E-state index in [1.807, 2.05) is 0 Å². The highest BCUT2D eigenvalue weighted by atomic mass is 16.5. The first-order valence-electron chi connectivity index (χ1n) is 19.4. The van der Waals surface area contributed by atoms with Gasteiger partial charge in [-0.25, -0.2) is 0 Å². The van der Waals surface area contributed by atoms with Crippen LogP contribution in [0.2, 0.25) is 0 Å². The molecular weight excluding hydrogens is 560 g/mol. The summed E-state index contributed by atoms with van der Waals surface area (Å²) in [6.45, 7) is 11.4. The number of nitrogens with zero attached hydrogens (tertiary/aromatic N) is 2. The van der Waals surface area contributed by atoms with E-state index in [0.29, 0.717) is 19.4 Å². The molecule has 3 aliphatic heterocycles. The van der Waals surface area contributed by atoms with Crippen LogP contribution in [0.1, 0.15) is 195 Å². The van der Waals surface area contributed by atoms with Crippen LogP contribution in [0.5, 0.6) is 0 Å². The van der Waals surface area contributed by atoms with Gasteiger partial charge in [-0.2, -0.15) is 0 Å². The molecule has 0 aromatic heterocycles. The van der Waals surface area contributed by atoms with Crippen LogP contribution in [0, 0.1) is 10.8 Å². The average Bonchev–Trinajstić information content (AvgIpc) is 3.08. The first-order valence-corrected chi connectivity index (χ1v) is 19.4. The van der Waals surface area contributed by atoms with Gasteiger partial charge in [0.25, 0.3) is 0 Å². The molecule has 2 aliphatic carbocycles. The van der Waals surface area contributed by atoms with E-state index in [0.717, 1.165) is 51.4 Å². The van der Waals surface area contributed by atoms with Crippen LogP contribution < -0.4 is 0 Å². The Balaban J connectivity index is 1.46. The van der Waals surface area contributed by atoms with Crippen molar-refractivity contribution in [3.63, 3.8) is 0 Å².